The molecule has 0 saturated carbocycles. The Morgan fingerprint density at radius 1 is 1.24 bits per heavy atom. The molecule has 0 aliphatic carbocycles. The summed E-state index contributed by atoms with van der Waals surface area (Å²) in [5.74, 6) is -1.21. The van der Waals surface area contributed by atoms with Crippen LogP contribution in [0, 0.1) is 5.82 Å². The van der Waals surface area contributed by atoms with E-state index in [1.54, 1.807) is 0 Å². The van der Waals surface area contributed by atoms with Gasteiger partial charge >= 0.3 is 6.18 Å². The highest BCUT2D eigenvalue weighted by Crippen LogP contribution is 2.34. The summed E-state index contributed by atoms with van der Waals surface area (Å²) in [4.78, 5) is 0. The summed E-state index contributed by atoms with van der Waals surface area (Å²) in [5.41, 5.74) is -0.676. The largest absolute Gasteiger partial charge is 0.419 e. The van der Waals surface area contributed by atoms with E-state index in [1.165, 1.54) is 6.07 Å². The second kappa shape index (κ2) is 5.23. The summed E-state index contributed by atoms with van der Waals surface area (Å²) in [7, 11) is 0. The summed E-state index contributed by atoms with van der Waals surface area (Å²) < 4.78 is 50.4. The highest BCUT2D eigenvalue weighted by molar-refractivity contribution is 5.85. The van der Waals surface area contributed by atoms with Crippen LogP contribution in [0.5, 0.6) is 0 Å². The molecule has 1 fully saturated rings. The monoisotopic (exact) mass is 269 g/mol. The molecule has 6 heteroatoms. The van der Waals surface area contributed by atoms with Gasteiger partial charge in [-0.25, -0.2) is 4.39 Å². The van der Waals surface area contributed by atoms with Crippen molar-refractivity contribution in [2.24, 2.45) is 0 Å². The summed E-state index contributed by atoms with van der Waals surface area (Å²) in [5, 5.41) is 3.08. The van der Waals surface area contributed by atoms with E-state index in [4.69, 9.17) is 0 Å². The Kier molecular flexibility index (Phi) is 4.38. The molecule has 1 nitrogen and oxygen atoms in total. The predicted molar refractivity (Wildman–Crippen MR) is 58.6 cm³/mol. The zero-order valence-corrected chi connectivity index (χ0v) is 9.67. The summed E-state index contributed by atoms with van der Waals surface area (Å²) in [6.07, 6.45) is -2.90. The molecule has 1 heterocycles. The Labute approximate surface area is 103 Å². The van der Waals surface area contributed by atoms with Gasteiger partial charge in [0, 0.05) is 6.04 Å². The van der Waals surface area contributed by atoms with Crippen molar-refractivity contribution in [3.8, 4) is 0 Å². The molecule has 0 bridgehead atoms. The molecule has 1 saturated heterocycles. The van der Waals surface area contributed by atoms with E-state index >= 15 is 0 Å². The van der Waals surface area contributed by atoms with Crippen molar-refractivity contribution in [3.63, 3.8) is 0 Å². The van der Waals surface area contributed by atoms with Crippen molar-refractivity contribution in [1.82, 2.24) is 5.32 Å². The number of rotatable bonds is 1. The minimum atomic E-state index is -4.63. The molecular weight excluding hydrogens is 258 g/mol. The molecule has 1 aliphatic rings. The van der Waals surface area contributed by atoms with E-state index in [1.807, 2.05) is 0 Å². The van der Waals surface area contributed by atoms with Gasteiger partial charge in [-0.3, -0.25) is 0 Å². The normalized spacial score (nSPS) is 20.1. The van der Waals surface area contributed by atoms with E-state index in [9.17, 15) is 17.6 Å². The van der Waals surface area contributed by atoms with Gasteiger partial charge in [0.15, 0.2) is 0 Å². The molecule has 0 aromatic heterocycles. The smallest absolute Gasteiger partial charge is 0.310 e. The van der Waals surface area contributed by atoms with Gasteiger partial charge in [-0.15, -0.1) is 12.4 Å². The van der Waals surface area contributed by atoms with Crippen LogP contribution in [-0.2, 0) is 6.18 Å². The van der Waals surface area contributed by atoms with Gasteiger partial charge in [-0.1, -0.05) is 6.07 Å². The Morgan fingerprint density at radius 2 is 1.94 bits per heavy atom. The second-order valence-electron chi connectivity index (χ2n) is 3.89. The molecule has 1 aliphatic heterocycles. The minimum absolute atomic E-state index is 0. The summed E-state index contributed by atoms with van der Waals surface area (Å²) >= 11 is 0. The van der Waals surface area contributed by atoms with Crippen LogP contribution >= 0.6 is 12.4 Å². The lowest BCUT2D eigenvalue weighted by molar-refractivity contribution is -0.140. The van der Waals surface area contributed by atoms with Crippen molar-refractivity contribution < 1.29 is 17.6 Å². The van der Waals surface area contributed by atoms with Crippen LogP contribution in [0.3, 0.4) is 0 Å². The molecule has 1 aromatic carbocycles. The van der Waals surface area contributed by atoms with Gasteiger partial charge < -0.3 is 5.32 Å². The molecule has 2 rings (SSSR count). The number of halogens is 5. The Hall–Kier alpha value is -0.810. The number of hydrogen-bond donors (Lipinski definition) is 1. The van der Waals surface area contributed by atoms with Crippen molar-refractivity contribution in [2.75, 3.05) is 6.54 Å². The van der Waals surface area contributed by atoms with E-state index in [0.717, 1.165) is 31.5 Å². The zero-order chi connectivity index (χ0) is 11.8. The molecule has 1 atom stereocenters. The van der Waals surface area contributed by atoms with E-state index in [0.29, 0.717) is 5.56 Å². The lowest BCUT2D eigenvalue weighted by Crippen LogP contribution is -2.15. The van der Waals surface area contributed by atoms with E-state index in [-0.39, 0.29) is 18.4 Å². The molecule has 1 aromatic rings. The first-order chi connectivity index (χ1) is 7.48. The number of benzene rings is 1. The number of hydrogen-bond acceptors (Lipinski definition) is 1. The fourth-order valence-electron chi connectivity index (χ4n) is 1.95. The lowest BCUT2D eigenvalue weighted by atomic mass is 10.0. The predicted octanol–water partition coefficient (Wildman–Crippen LogP) is 3.69. The van der Waals surface area contributed by atoms with Gasteiger partial charge in [0.1, 0.15) is 5.82 Å². The van der Waals surface area contributed by atoms with Crippen LogP contribution in [0.4, 0.5) is 17.6 Å². The quantitative estimate of drug-likeness (QED) is 0.767. The maximum Gasteiger partial charge on any atom is 0.419 e. The minimum Gasteiger partial charge on any atom is -0.310 e. The average molecular weight is 270 g/mol. The first-order valence-corrected chi connectivity index (χ1v) is 5.08. The molecule has 17 heavy (non-hydrogen) atoms. The lowest BCUT2D eigenvalue weighted by Gasteiger charge is -2.14. The van der Waals surface area contributed by atoms with Crippen molar-refractivity contribution >= 4 is 12.4 Å². The summed E-state index contributed by atoms with van der Waals surface area (Å²) in [6.45, 7) is 0.795. The van der Waals surface area contributed by atoms with Gasteiger partial charge in [0.25, 0.3) is 0 Å². The highest BCUT2D eigenvalue weighted by Gasteiger charge is 2.34. The van der Waals surface area contributed by atoms with Crippen LogP contribution in [0.15, 0.2) is 18.2 Å². The molecule has 96 valence electrons. The van der Waals surface area contributed by atoms with Crippen LogP contribution in [-0.4, -0.2) is 6.54 Å². The van der Waals surface area contributed by atoms with Crippen molar-refractivity contribution in [3.05, 3.63) is 35.1 Å². The Balaban J connectivity index is 0.00000144. The molecule has 0 unspecified atom stereocenters. The third-order valence-electron chi connectivity index (χ3n) is 2.76. The number of alkyl halides is 3. The third kappa shape index (κ3) is 3.10. The highest BCUT2D eigenvalue weighted by atomic mass is 35.5. The molecular formula is C11H12ClF4N. The SMILES string of the molecule is Cl.Fc1ccc([C@@H]2CCCN2)cc1C(F)(F)F. The average Bonchev–Trinajstić information content (AvgIpc) is 2.69. The van der Waals surface area contributed by atoms with Crippen LogP contribution < -0.4 is 5.32 Å². The van der Waals surface area contributed by atoms with Crippen molar-refractivity contribution in [1.29, 1.82) is 0 Å². The van der Waals surface area contributed by atoms with E-state index in [2.05, 4.69) is 5.32 Å². The van der Waals surface area contributed by atoms with Crippen molar-refractivity contribution in [2.45, 2.75) is 25.1 Å². The van der Waals surface area contributed by atoms with Gasteiger partial charge in [-0.2, -0.15) is 13.2 Å². The molecule has 1 N–H and O–H groups in total. The van der Waals surface area contributed by atoms with Gasteiger partial charge in [0.05, 0.1) is 5.56 Å². The second-order valence-corrected chi connectivity index (χ2v) is 3.89. The van der Waals surface area contributed by atoms with Gasteiger partial charge in [0.2, 0.25) is 0 Å². The zero-order valence-electron chi connectivity index (χ0n) is 8.85. The first-order valence-electron chi connectivity index (χ1n) is 5.08. The first kappa shape index (κ1) is 14.3. The van der Waals surface area contributed by atoms with Crippen LogP contribution in [0.2, 0.25) is 0 Å². The Morgan fingerprint density at radius 3 is 2.47 bits per heavy atom. The summed E-state index contributed by atoms with van der Waals surface area (Å²) in [6, 6.07) is 3.12. The number of nitrogens with one attached hydrogen (secondary N) is 1. The fraction of sp³-hybridized carbons (Fsp3) is 0.455. The molecule has 0 radical (unpaired) electrons. The maximum atomic E-state index is 13.0. The molecule has 0 amide bonds. The fourth-order valence-corrected chi connectivity index (χ4v) is 1.95. The maximum absolute atomic E-state index is 13.0. The molecule has 0 spiro atoms. The topological polar surface area (TPSA) is 12.0 Å². The Bertz CT molecular complexity index is 386. The van der Waals surface area contributed by atoms with Crippen LogP contribution in [0.25, 0.3) is 0 Å². The standard InChI is InChI=1S/C11H11F4N.ClH/c12-9-4-3-7(10-2-1-5-16-10)6-8(9)11(13,14)15;/h3-4,6,10,16H,1-2,5H2;1H/t10-;/m0./s1. The van der Waals surface area contributed by atoms with Gasteiger partial charge in [-0.05, 0) is 37.1 Å². The van der Waals surface area contributed by atoms with E-state index < -0.39 is 17.6 Å². The third-order valence-corrected chi connectivity index (χ3v) is 2.76. The van der Waals surface area contributed by atoms with Crippen LogP contribution in [0.1, 0.15) is 30.0 Å².